The molecule has 3 heteroatoms. The van der Waals surface area contributed by atoms with Crippen LogP contribution in [0.4, 0.5) is 0 Å². The van der Waals surface area contributed by atoms with Crippen molar-refractivity contribution in [2.75, 3.05) is 0 Å². The molecule has 7 aromatic rings. The van der Waals surface area contributed by atoms with Gasteiger partial charge in [0.1, 0.15) is 0 Å². The Hall–Kier alpha value is -6.63. The topological polar surface area (TPSA) is 38.7 Å². The number of rotatable bonds is 6. The monoisotopic (exact) mass is 637 g/mol. The normalized spacial score (nSPS) is 12.7. The summed E-state index contributed by atoms with van der Waals surface area (Å²) in [5, 5.41) is 2.21. The summed E-state index contributed by atoms with van der Waals surface area (Å²) in [5.74, 6) is 0.685. The standard InChI is InChI=1S/C47H31N3/c1-3-13-41-33(8-1)10-5-15-43(41)35-19-25-38(26-20-35)46-30-45(37-23-17-32(18-24-37)40-12-7-29-48-31-40)49-47(50-46)39-27-21-36(22-28-39)44-16-6-11-34-9-2-4-14-42(34)44/h2-5,7,9-10,12-31H,1,8H2. The summed E-state index contributed by atoms with van der Waals surface area (Å²) in [6.07, 6.45) is 12.4. The van der Waals surface area contributed by atoms with Gasteiger partial charge in [0.2, 0.25) is 0 Å². The second-order valence-electron chi connectivity index (χ2n) is 12.6. The molecule has 2 heterocycles. The predicted molar refractivity (Wildman–Crippen MR) is 204 cm³/mol. The zero-order chi connectivity index (χ0) is 33.3. The lowest BCUT2D eigenvalue weighted by Gasteiger charge is -2.15. The molecule has 0 saturated heterocycles. The minimum atomic E-state index is 0.685. The molecule has 2 aliphatic rings. The van der Waals surface area contributed by atoms with E-state index in [2.05, 4.69) is 150 Å². The quantitative estimate of drug-likeness (QED) is 0.171. The zero-order valence-corrected chi connectivity index (χ0v) is 27.3. The average molecular weight is 638 g/mol. The van der Waals surface area contributed by atoms with Crippen LogP contribution in [-0.4, -0.2) is 15.0 Å². The van der Waals surface area contributed by atoms with Crippen LogP contribution in [0.15, 0.2) is 164 Å². The van der Waals surface area contributed by atoms with E-state index in [0.717, 1.165) is 73.6 Å². The van der Waals surface area contributed by atoms with E-state index in [1.807, 2.05) is 24.4 Å². The first kappa shape index (κ1) is 29.5. The van der Waals surface area contributed by atoms with Crippen LogP contribution < -0.4 is 10.4 Å². The van der Waals surface area contributed by atoms with E-state index < -0.39 is 0 Å². The molecule has 0 bridgehead atoms. The Morgan fingerprint density at radius 3 is 2.02 bits per heavy atom. The molecule has 0 spiro atoms. The summed E-state index contributed by atoms with van der Waals surface area (Å²) in [5.41, 5.74) is 20.9. The summed E-state index contributed by atoms with van der Waals surface area (Å²) >= 11 is 0. The largest absolute Gasteiger partial charge is 0.264 e. The summed E-state index contributed by atoms with van der Waals surface area (Å²) in [6, 6.07) is 46.9. The van der Waals surface area contributed by atoms with Crippen molar-refractivity contribution >= 4 is 17.4 Å². The van der Waals surface area contributed by atoms with Crippen molar-refractivity contribution in [2.45, 2.75) is 12.8 Å². The summed E-state index contributed by atoms with van der Waals surface area (Å²) < 4.78 is 0. The molecule has 50 heavy (non-hydrogen) atoms. The van der Waals surface area contributed by atoms with E-state index in [9.17, 15) is 0 Å². The third-order valence-corrected chi connectivity index (χ3v) is 9.55. The fourth-order valence-corrected chi connectivity index (χ4v) is 6.91. The SMILES string of the molecule is C1=C=c2ccccc2=C(c2ccc(-c3nc(-c4ccc(-c5cccnc5)cc4)cc(-c4ccc(-c5cccc6c5C=CCC6)cc4)n3)cc2)C=1. The van der Waals surface area contributed by atoms with Crippen LogP contribution in [0.5, 0.6) is 0 Å². The van der Waals surface area contributed by atoms with E-state index in [-0.39, 0.29) is 0 Å². The number of hydrogen-bond acceptors (Lipinski definition) is 3. The molecule has 0 fully saturated rings. The number of aryl methyl sites for hydroxylation is 1. The smallest absolute Gasteiger partial charge is 0.160 e. The van der Waals surface area contributed by atoms with Gasteiger partial charge in [-0.1, -0.05) is 139 Å². The van der Waals surface area contributed by atoms with Crippen LogP contribution in [0.2, 0.25) is 0 Å². The Labute approximate surface area is 291 Å². The molecule has 3 nitrogen and oxygen atoms in total. The Morgan fingerprint density at radius 1 is 0.560 bits per heavy atom. The Morgan fingerprint density at radius 2 is 1.26 bits per heavy atom. The second-order valence-corrected chi connectivity index (χ2v) is 12.6. The van der Waals surface area contributed by atoms with Gasteiger partial charge in [-0.3, -0.25) is 4.98 Å². The number of benzene rings is 5. The fourth-order valence-electron chi connectivity index (χ4n) is 6.91. The summed E-state index contributed by atoms with van der Waals surface area (Å²) in [7, 11) is 0. The van der Waals surface area contributed by atoms with Gasteiger partial charge in [-0.05, 0) is 86.9 Å². The number of nitrogens with zero attached hydrogens (tertiary/aromatic N) is 3. The Bertz CT molecular complexity index is 2620. The molecule has 0 atom stereocenters. The molecule has 0 unspecified atom stereocenters. The predicted octanol–water partition coefficient (Wildman–Crippen LogP) is 9.47. The highest BCUT2D eigenvalue weighted by molar-refractivity contribution is 5.81. The van der Waals surface area contributed by atoms with Gasteiger partial charge in [0.25, 0.3) is 0 Å². The van der Waals surface area contributed by atoms with Gasteiger partial charge < -0.3 is 0 Å². The number of pyridine rings is 1. The highest BCUT2D eigenvalue weighted by atomic mass is 14.9. The van der Waals surface area contributed by atoms with E-state index in [1.165, 1.54) is 22.3 Å². The average Bonchev–Trinajstić information content (AvgIpc) is 3.21. The minimum Gasteiger partial charge on any atom is -0.264 e. The molecule has 0 aliphatic heterocycles. The summed E-state index contributed by atoms with van der Waals surface area (Å²) in [4.78, 5) is 14.6. The van der Waals surface area contributed by atoms with Gasteiger partial charge in [-0.2, -0.15) is 0 Å². The second kappa shape index (κ2) is 12.8. The fraction of sp³-hybridized carbons (Fsp3) is 0.0426. The Balaban J connectivity index is 1.12. The van der Waals surface area contributed by atoms with Crippen molar-refractivity contribution in [1.29, 1.82) is 0 Å². The molecular formula is C47H31N3. The van der Waals surface area contributed by atoms with Gasteiger partial charge in [-0.15, -0.1) is 0 Å². The molecule has 2 aliphatic carbocycles. The van der Waals surface area contributed by atoms with Gasteiger partial charge >= 0.3 is 0 Å². The maximum atomic E-state index is 5.15. The van der Waals surface area contributed by atoms with Gasteiger partial charge in [0, 0.05) is 34.3 Å². The molecule has 9 rings (SSSR count). The first-order valence-electron chi connectivity index (χ1n) is 17.0. The number of hydrogen-bond donors (Lipinski definition) is 0. The molecule has 2 aromatic heterocycles. The first-order valence-corrected chi connectivity index (χ1v) is 17.0. The van der Waals surface area contributed by atoms with Crippen molar-refractivity contribution in [2.24, 2.45) is 0 Å². The minimum absolute atomic E-state index is 0.685. The van der Waals surface area contributed by atoms with E-state index in [4.69, 9.17) is 9.97 Å². The first-order chi connectivity index (χ1) is 24.8. The molecular weight excluding hydrogens is 607 g/mol. The molecule has 0 N–H and O–H groups in total. The highest BCUT2D eigenvalue weighted by Gasteiger charge is 2.14. The van der Waals surface area contributed by atoms with Crippen molar-refractivity contribution < 1.29 is 0 Å². The van der Waals surface area contributed by atoms with Crippen molar-refractivity contribution in [3.8, 4) is 56.2 Å². The van der Waals surface area contributed by atoms with Crippen LogP contribution in [0.1, 0.15) is 23.1 Å². The lowest BCUT2D eigenvalue weighted by Crippen LogP contribution is -2.26. The van der Waals surface area contributed by atoms with Crippen LogP contribution in [0.25, 0.3) is 73.5 Å². The lowest BCUT2D eigenvalue weighted by atomic mass is 9.89. The highest BCUT2D eigenvalue weighted by Crippen LogP contribution is 2.34. The maximum absolute atomic E-state index is 5.15. The number of aromatic nitrogens is 3. The number of fused-ring (bicyclic) bond motifs is 2. The molecule has 5 aromatic carbocycles. The van der Waals surface area contributed by atoms with Crippen molar-refractivity contribution in [3.05, 3.63) is 191 Å². The Kier molecular flexibility index (Phi) is 7.53. The van der Waals surface area contributed by atoms with Gasteiger partial charge in [-0.25, -0.2) is 9.97 Å². The maximum Gasteiger partial charge on any atom is 0.160 e. The van der Waals surface area contributed by atoms with Gasteiger partial charge in [0.15, 0.2) is 5.82 Å². The van der Waals surface area contributed by atoms with Gasteiger partial charge in [0.05, 0.1) is 11.4 Å². The van der Waals surface area contributed by atoms with E-state index in [0.29, 0.717) is 5.82 Å². The van der Waals surface area contributed by atoms with E-state index >= 15 is 0 Å². The van der Waals surface area contributed by atoms with Crippen LogP contribution in [0.3, 0.4) is 0 Å². The summed E-state index contributed by atoms with van der Waals surface area (Å²) in [6.45, 7) is 0. The third-order valence-electron chi connectivity index (χ3n) is 9.55. The molecule has 0 saturated carbocycles. The third kappa shape index (κ3) is 5.64. The zero-order valence-electron chi connectivity index (χ0n) is 27.3. The van der Waals surface area contributed by atoms with Crippen molar-refractivity contribution in [3.63, 3.8) is 0 Å². The van der Waals surface area contributed by atoms with Crippen LogP contribution >= 0.6 is 0 Å². The molecule has 0 radical (unpaired) electrons. The molecule has 0 amide bonds. The lowest BCUT2D eigenvalue weighted by molar-refractivity contribution is 0.986. The van der Waals surface area contributed by atoms with Crippen LogP contribution in [-0.2, 0) is 6.42 Å². The van der Waals surface area contributed by atoms with Crippen LogP contribution in [0, 0.1) is 0 Å². The van der Waals surface area contributed by atoms with Crippen molar-refractivity contribution in [1.82, 2.24) is 15.0 Å². The van der Waals surface area contributed by atoms with E-state index in [1.54, 1.807) is 6.20 Å². The molecule has 234 valence electrons. The number of allylic oxidation sites excluding steroid dienone is 2.